The van der Waals surface area contributed by atoms with E-state index in [-0.39, 0.29) is 0 Å². The predicted octanol–water partition coefficient (Wildman–Crippen LogP) is 1.87. The fourth-order valence-electron chi connectivity index (χ4n) is 1.79. The normalized spacial score (nSPS) is 11.2. The lowest BCUT2D eigenvalue weighted by atomic mass is 10.2. The molecule has 0 heterocycles. The summed E-state index contributed by atoms with van der Waals surface area (Å²) in [7, 11) is 1.91. The maximum atomic E-state index is 5.49. The summed E-state index contributed by atoms with van der Waals surface area (Å²) in [6.07, 6.45) is 4.97. The summed E-state index contributed by atoms with van der Waals surface area (Å²) in [6, 6.07) is 0. The number of ether oxygens (including phenoxy) is 5. The lowest BCUT2D eigenvalue weighted by molar-refractivity contribution is -0.0109. The van der Waals surface area contributed by atoms with E-state index in [9.17, 15) is 0 Å². The first kappa shape index (κ1) is 22.8. The predicted molar refractivity (Wildman–Crippen MR) is 92.2 cm³/mol. The Morgan fingerprint density at radius 3 is 1.39 bits per heavy atom. The first-order valence-corrected chi connectivity index (χ1v) is 8.95. The third-order valence-electron chi connectivity index (χ3n) is 3.13. The van der Waals surface area contributed by atoms with Gasteiger partial charge in [0.15, 0.2) is 0 Å². The van der Waals surface area contributed by atoms with Crippen LogP contribution in [0.1, 0.15) is 32.6 Å². The summed E-state index contributed by atoms with van der Waals surface area (Å²) in [5.41, 5.74) is 0. The molecule has 1 N–H and O–H groups in total. The molecular weight excluding hydrogens is 298 g/mol. The Hall–Kier alpha value is -0.240. The number of rotatable bonds is 20. The van der Waals surface area contributed by atoms with Crippen LogP contribution in [0.5, 0.6) is 0 Å². The lowest BCUT2D eigenvalue weighted by Gasteiger charge is -2.08. The van der Waals surface area contributed by atoms with E-state index >= 15 is 0 Å². The van der Waals surface area contributed by atoms with Crippen molar-refractivity contribution < 1.29 is 23.7 Å². The Labute approximate surface area is 142 Å². The summed E-state index contributed by atoms with van der Waals surface area (Å²) in [4.78, 5) is 0. The largest absolute Gasteiger partial charge is 0.379 e. The van der Waals surface area contributed by atoms with Gasteiger partial charge in [0.1, 0.15) is 0 Å². The molecule has 0 aliphatic heterocycles. The van der Waals surface area contributed by atoms with Crippen molar-refractivity contribution in [3.8, 4) is 0 Å². The van der Waals surface area contributed by atoms with Crippen LogP contribution in [0.4, 0.5) is 0 Å². The Bertz CT molecular complexity index is 187. The summed E-state index contributed by atoms with van der Waals surface area (Å²) in [5, 5.41) is 3.02. The first-order chi connectivity index (χ1) is 11.4. The van der Waals surface area contributed by atoms with E-state index in [1.54, 1.807) is 0 Å². The van der Waals surface area contributed by atoms with Crippen molar-refractivity contribution in [2.45, 2.75) is 32.6 Å². The van der Waals surface area contributed by atoms with Crippen molar-refractivity contribution in [3.05, 3.63) is 0 Å². The standard InChI is InChI=1S/C17H37NO5/c1-3-4-5-6-8-19-10-12-21-14-16-23-17-15-22-13-11-20-9-7-18-2/h18H,3-17H2,1-2H3. The van der Waals surface area contributed by atoms with Crippen molar-refractivity contribution in [2.75, 3.05) is 79.7 Å². The Morgan fingerprint density at radius 2 is 0.957 bits per heavy atom. The maximum Gasteiger partial charge on any atom is 0.0701 e. The van der Waals surface area contributed by atoms with Crippen LogP contribution in [-0.2, 0) is 23.7 Å². The molecule has 0 atom stereocenters. The van der Waals surface area contributed by atoms with E-state index in [0.29, 0.717) is 52.9 Å². The van der Waals surface area contributed by atoms with Gasteiger partial charge in [-0.25, -0.2) is 0 Å². The SMILES string of the molecule is CCCCCCOCCOCCOCCOCCOCCNC. The van der Waals surface area contributed by atoms with Crippen LogP contribution in [0.3, 0.4) is 0 Å². The van der Waals surface area contributed by atoms with Crippen molar-refractivity contribution in [3.63, 3.8) is 0 Å². The molecule has 0 saturated heterocycles. The molecule has 23 heavy (non-hydrogen) atoms. The minimum atomic E-state index is 0.591. The van der Waals surface area contributed by atoms with Crippen LogP contribution >= 0.6 is 0 Å². The van der Waals surface area contributed by atoms with E-state index in [1.165, 1.54) is 19.3 Å². The van der Waals surface area contributed by atoms with Gasteiger partial charge in [-0.3, -0.25) is 0 Å². The maximum absolute atomic E-state index is 5.49. The summed E-state index contributed by atoms with van der Waals surface area (Å²) < 4.78 is 27.0. The fourth-order valence-corrected chi connectivity index (χ4v) is 1.79. The highest BCUT2D eigenvalue weighted by Gasteiger charge is 1.93. The minimum absolute atomic E-state index is 0.591. The average Bonchev–Trinajstić information content (AvgIpc) is 2.57. The second-order valence-electron chi connectivity index (χ2n) is 5.23. The molecule has 0 fully saturated rings. The van der Waals surface area contributed by atoms with E-state index in [4.69, 9.17) is 23.7 Å². The van der Waals surface area contributed by atoms with Crippen LogP contribution in [0, 0.1) is 0 Å². The third kappa shape index (κ3) is 21.8. The van der Waals surface area contributed by atoms with Crippen molar-refractivity contribution >= 4 is 0 Å². The van der Waals surface area contributed by atoms with Gasteiger partial charge >= 0.3 is 0 Å². The van der Waals surface area contributed by atoms with Crippen LogP contribution in [-0.4, -0.2) is 79.7 Å². The Kier molecular flexibility index (Phi) is 21.5. The fraction of sp³-hybridized carbons (Fsp3) is 1.00. The van der Waals surface area contributed by atoms with Crippen LogP contribution in [0.25, 0.3) is 0 Å². The zero-order valence-electron chi connectivity index (χ0n) is 15.1. The molecular formula is C17H37NO5. The monoisotopic (exact) mass is 335 g/mol. The highest BCUT2D eigenvalue weighted by Crippen LogP contribution is 1.98. The summed E-state index contributed by atoms with van der Waals surface area (Å²) >= 11 is 0. The second-order valence-corrected chi connectivity index (χ2v) is 5.23. The molecule has 0 unspecified atom stereocenters. The van der Waals surface area contributed by atoms with Crippen LogP contribution in [0.2, 0.25) is 0 Å². The minimum Gasteiger partial charge on any atom is -0.379 e. The molecule has 0 aromatic carbocycles. The van der Waals surface area contributed by atoms with Crippen LogP contribution < -0.4 is 5.32 Å². The van der Waals surface area contributed by atoms with Crippen LogP contribution in [0.15, 0.2) is 0 Å². The molecule has 140 valence electrons. The van der Waals surface area contributed by atoms with Gasteiger partial charge in [0.05, 0.1) is 59.5 Å². The quantitative estimate of drug-likeness (QED) is 0.343. The highest BCUT2D eigenvalue weighted by molar-refractivity contribution is 4.40. The number of unbranched alkanes of at least 4 members (excludes halogenated alkanes) is 3. The van der Waals surface area contributed by atoms with Crippen molar-refractivity contribution in [1.29, 1.82) is 0 Å². The lowest BCUT2D eigenvalue weighted by Crippen LogP contribution is -2.17. The Morgan fingerprint density at radius 1 is 0.522 bits per heavy atom. The molecule has 0 bridgehead atoms. The smallest absolute Gasteiger partial charge is 0.0701 e. The first-order valence-electron chi connectivity index (χ1n) is 8.95. The molecule has 0 aromatic heterocycles. The van der Waals surface area contributed by atoms with E-state index in [1.807, 2.05) is 7.05 Å². The number of hydrogen-bond acceptors (Lipinski definition) is 6. The zero-order valence-corrected chi connectivity index (χ0v) is 15.1. The molecule has 6 nitrogen and oxygen atoms in total. The molecule has 0 spiro atoms. The van der Waals surface area contributed by atoms with Gasteiger partial charge in [0.2, 0.25) is 0 Å². The summed E-state index contributed by atoms with van der Waals surface area (Å²) in [6.45, 7) is 9.57. The number of likely N-dealkylation sites (N-methyl/N-ethyl adjacent to an activating group) is 1. The molecule has 0 aliphatic carbocycles. The van der Waals surface area contributed by atoms with Gasteiger partial charge in [-0.15, -0.1) is 0 Å². The molecule has 0 amide bonds. The Balaban J connectivity index is 2.92. The van der Waals surface area contributed by atoms with Gasteiger partial charge in [0.25, 0.3) is 0 Å². The topological polar surface area (TPSA) is 58.2 Å². The van der Waals surface area contributed by atoms with Gasteiger partial charge in [-0.1, -0.05) is 26.2 Å². The van der Waals surface area contributed by atoms with Crippen molar-refractivity contribution in [1.82, 2.24) is 5.32 Å². The zero-order chi connectivity index (χ0) is 16.8. The van der Waals surface area contributed by atoms with Gasteiger partial charge in [-0.05, 0) is 13.5 Å². The number of nitrogens with one attached hydrogen (secondary N) is 1. The van der Waals surface area contributed by atoms with Gasteiger partial charge in [0, 0.05) is 13.2 Å². The third-order valence-corrected chi connectivity index (χ3v) is 3.13. The molecule has 0 saturated carbocycles. The second kappa shape index (κ2) is 21.8. The van der Waals surface area contributed by atoms with E-state index in [2.05, 4.69) is 12.2 Å². The van der Waals surface area contributed by atoms with Gasteiger partial charge < -0.3 is 29.0 Å². The van der Waals surface area contributed by atoms with E-state index in [0.717, 1.165) is 26.2 Å². The highest BCUT2D eigenvalue weighted by atomic mass is 16.6. The number of hydrogen-bond donors (Lipinski definition) is 1. The van der Waals surface area contributed by atoms with Gasteiger partial charge in [-0.2, -0.15) is 0 Å². The molecule has 0 aromatic rings. The molecule has 0 rings (SSSR count). The molecule has 6 heteroatoms. The summed E-state index contributed by atoms with van der Waals surface area (Å²) in [5.74, 6) is 0. The van der Waals surface area contributed by atoms with E-state index < -0.39 is 0 Å². The molecule has 0 radical (unpaired) electrons. The average molecular weight is 335 g/mol. The van der Waals surface area contributed by atoms with Crippen molar-refractivity contribution in [2.24, 2.45) is 0 Å². The molecule has 0 aliphatic rings.